The third-order valence-electron chi connectivity index (χ3n) is 2.71. The lowest BCUT2D eigenvalue weighted by Crippen LogP contribution is -1.87. The van der Waals surface area contributed by atoms with Crippen LogP contribution >= 0.6 is 11.6 Å². The van der Waals surface area contributed by atoms with E-state index in [1.54, 1.807) is 24.5 Å². The van der Waals surface area contributed by atoms with Crippen molar-refractivity contribution in [3.63, 3.8) is 0 Å². The normalized spacial score (nSPS) is 10.8. The number of aromatic nitrogens is 2. The number of rotatable bonds is 2. The van der Waals surface area contributed by atoms with Gasteiger partial charge in [0.15, 0.2) is 5.76 Å². The second kappa shape index (κ2) is 4.44. The molecule has 0 radical (unpaired) electrons. The standard InChI is InChI=1S/C13H10ClN3O2/c1-7-4-5-18-11(7)12-16-13(19-17-12)9-6-8(15)2-3-10(9)14/h2-6H,15H2,1H3. The molecule has 3 rings (SSSR count). The SMILES string of the molecule is Cc1ccoc1-c1noc(-c2cc(N)ccc2Cl)n1. The number of nitrogen functional groups attached to an aromatic ring is 1. The van der Waals surface area contributed by atoms with Crippen LogP contribution in [0.4, 0.5) is 5.69 Å². The summed E-state index contributed by atoms with van der Waals surface area (Å²) in [6.45, 7) is 1.91. The minimum absolute atomic E-state index is 0.308. The molecule has 0 amide bonds. The quantitative estimate of drug-likeness (QED) is 0.724. The molecule has 1 aromatic carbocycles. The molecule has 2 heterocycles. The van der Waals surface area contributed by atoms with E-state index < -0.39 is 0 Å². The van der Waals surface area contributed by atoms with Crippen LogP contribution in [0.3, 0.4) is 0 Å². The number of aryl methyl sites for hydroxylation is 1. The molecule has 2 aromatic heterocycles. The number of halogens is 1. The van der Waals surface area contributed by atoms with Crippen molar-refractivity contribution in [3.8, 4) is 23.0 Å². The zero-order valence-electron chi connectivity index (χ0n) is 10.1. The molecule has 0 fully saturated rings. The largest absolute Gasteiger partial charge is 0.461 e. The first-order chi connectivity index (χ1) is 9.15. The maximum absolute atomic E-state index is 6.09. The van der Waals surface area contributed by atoms with Gasteiger partial charge in [-0.3, -0.25) is 0 Å². The van der Waals surface area contributed by atoms with Crippen LogP contribution < -0.4 is 5.73 Å². The summed E-state index contributed by atoms with van der Waals surface area (Å²) in [6.07, 6.45) is 1.58. The average molecular weight is 276 g/mol. The average Bonchev–Trinajstić information content (AvgIpc) is 3.00. The van der Waals surface area contributed by atoms with E-state index in [1.165, 1.54) is 0 Å². The third-order valence-corrected chi connectivity index (χ3v) is 3.04. The van der Waals surface area contributed by atoms with Crippen LogP contribution in [-0.2, 0) is 0 Å². The number of hydrogen-bond donors (Lipinski definition) is 1. The van der Waals surface area contributed by atoms with Crippen molar-refractivity contribution >= 4 is 17.3 Å². The van der Waals surface area contributed by atoms with E-state index in [2.05, 4.69) is 10.1 Å². The topological polar surface area (TPSA) is 78.1 Å². The highest BCUT2D eigenvalue weighted by Gasteiger charge is 2.16. The van der Waals surface area contributed by atoms with Gasteiger partial charge < -0.3 is 14.7 Å². The van der Waals surface area contributed by atoms with Crippen LogP contribution in [-0.4, -0.2) is 10.1 Å². The molecular weight excluding hydrogens is 266 g/mol. The van der Waals surface area contributed by atoms with Gasteiger partial charge in [0.25, 0.3) is 5.89 Å². The highest BCUT2D eigenvalue weighted by Crippen LogP contribution is 2.30. The van der Waals surface area contributed by atoms with Crippen LogP contribution in [0.1, 0.15) is 5.56 Å². The van der Waals surface area contributed by atoms with Crippen molar-refractivity contribution in [2.24, 2.45) is 0 Å². The van der Waals surface area contributed by atoms with Gasteiger partial charge in [-0.25, -0.2) is 0 Å². The van der Waals surface area contributed by atoms with Crippen LogP contribution in [0.15, 0.2) is 39.5 Å². The molecule has 0 atom stereocenters. The van der Waals surface area contributed by atoms with Gasteiger partial charge in [0.2, 0.25) is 5.82 Å². The molecular formula is C13H10ClN3O2. The van der Waals surface area contributed by atoms with Crippen molar-refractivity contribution < 1.29 is 8.94 Å². The summed E-state index contributed by atoms with van der Waals surface area (Å²) in [4.78, 5) is 4.27. The Labute approximate surface area is 114 Å². The molecule has 0 aliphatic heterocycles. The van der Waals surface area contributed by atoms with Gasteiger partial charge in [-0.2, -0.15) is 4.98 Å². The van der Waals surface area contributed by atoms with E-state index in [0.717, 1.165) is 5.56 Å². The van der Waals surface area contributed by atoms with E-state index >= 15 is 0 Å². The third kappa shape index (κ3) is 2.08. The molecule has 3 aromatic rings. The van der Waals surface area contributed by atoms with Crippen LogP contribution in [0.25, 0.3) is 23.0 Å². The Kier molecular flexibility index (Phi) is 2.76. The molecule has 6 heteroatoms. The summed E-state index contributed by atoms with van der Waals surface area (Å²) in [5.74, 6) is 1.27. The molecule has 0 saturated heterocycles. The number of furan rings is 1. The maximum atomic E-state index is 6.09. The molecule has 2 N–H and O–H groups in total. The van der Waals surface area contributed by atoms with Gasteiger partial charge in [0.1, 0.15) is 0 Å². The Bertz CT molecular complexity index is 733. The molecule has 5 nitrogen and oxygen atoms in total. The molecule has 0 aliphatic carbocycles. The minimum atomic E-state index is 0.308. The summed E-state index contributed by atoms with van der Waals surface area (Å²) in [7, 11) is 0. The molecule has 19 heavy (non-hydrogen) atoms. The van der Waals surface area contributed by atoms with E-state index in [4.69, 9.17) is 26.3 Å². The first kappa shape index (κ1) is 11.8. The first-order valence-electron chi connectivity index (χ1n) is 5.59. The number of nitrogens with two attached hydrogens (primary N) is 1. The van der Waals surface area contributed by atoms with Crippen molar-refractivity contribution in [1.82, 2.24) is 10.1 Å². The van der Waals surface area contributed by atoms with E-state index in [0.29, 0.717) is 33.7 Å². The summed E-state index contributed by atoms with van der Waals surface area (Å²) in [5.41, 5.74) is 7.84. The number of hydrogen-bond acceptors (Lipinski definition) is 5. The van der Waals surface area contributed by atoms with Crippen LogP contribution in [0, 0.1) is 6.92 Å². The number of nitrogens with zero attached hydrogens (tertiary/aromatic N) is 2. The van der Waals surface area contributed by atoms with Gasteiger partial charge in [-0.15, -0.1) is 0 Å². The predicted octanol–water partition coefficient (Wildman–Crippen LogP) is 3.54. The lowest BCUT2D eigenvalue weighted by Gasteiger charge is -1.99. The summed E-state index contributed by atoms with van der Waals surface area (Å²) >= 11 is 6.09. The fourth-order valence-electron chi connectivity index (χ4n) is 1.73. The first-order valence-corrected chi connectivity index (χ1v) is 5.96. The Morgan fingerprint density at radius 3 is 2.84 bits per heavy atom. The summed E-state index contributed by atoms with van der Waals surface area (Å²) in [6, 6.07) is 6.92. The highest BCUT2D eigenvalue weighted by molar-refractivity contribution is 6.33. The van der Waals surface area contributed by atoms with Gasteiger partial charge >= 0.3 is 0 Å². The number of benzene rings is 1. The molecule has 0 spiro atoms. The highest BCUT2D eigenvalue weighted by atomic mass is 35.5. The Hall–Kier alpha value is -2.27. The second-order valence-corrected chi connectivity index (χ2v) is 4.50. The molecule has 0 bridgehead atoms. The minimum Gasteiger partial charge on any atom is -0.461 e. The van der Waals surface area contributed by atoms with Crippen molar-refractivity contribution in [2.75, 3.05) is 5.73 Å². The van der Waals surface area contributed by atoms with Crippen molar-refractivity contribution in [3.05, 3.63) is 41.1 Å². The number of anilines is 1. The fourth-order valence-corrected chi connectivity index (χ4v) is 1.93. The lowest BCUT2D eigenvalue weighted by atomic mass is 10.2. The molecule has 0 unspecified atom stereocenters. The van der Waals surface area contributed by atoms with Crippen molar-refractivity contribution in [2.45, 2.75) is 6.92 Å². The predicted molar refractivity (Wildman–Crippen MR) is 71.6 cm³/mol. The lowest BCUT2D eigenvalue weighted by molar-refractivity contribution is 0.429. The van der Waals surface area contributed by atoms with Gasteiger partial charge in [-0.05, 0) is 36.8 Å². The molecule has 0 aliphatic rings. The maximum Gasteiger partial charge on any atom is 0.259 e. The van der Waals surface area contributed by atoms with Gasteiger partial charge in [-0.1, -0.05) is 16.8 Å². The fraction of sp³-hybridized carbons (Fsp3) is 0.0769. The van der Waals surface area contributed by atoms with E-state index in [9.17, 15) is 0 Å². The Balaban J connectivity index is 2.06. The molecule has 96 valence electrons. The van der Waals surface area contributed by atoms with Gasteiger partial charge in [0.05, 0.1) is 16.8 Å². The zero-order valence-corrected chi connectivity index (χ0v) is 10.8. The summed E-state index contributed by atoms with van der Waals surface area (Å²) < 4.78 is 10.5. The van der Waals surface area contributed by atoms with Crippen LogP contribution in [0.5, 0.6) is 0 Å². The zero-order chi connectivity index (χ0) is 13.4. The smallest absolute Gasteiger partial charge is 0.259 e. The van der Waals surface area contributed by atoms with Crippen molar-refractivity contribution in [1.29, 1.82) is 0 Å². The Morgan fingerprint density at radius 1 is 1.26 bits per heavy atom. The van der Waals surface area contributed by atoms with E-state index in [-0.39, 0.29) is 0 Å². The monoisotopic (exact) mass is 275 g/mol. The van der Waals surface area contributed by atoms with E-state index in [1.807, 2.05) is 13.0 Å². The second-order valence-electron chi connectivity index (χ2n) is 4.10. The van der Waals surface area contributed by atoms with Gasteiger partial charge in [0, 0.05) is 5.69 Å². The molecule has 0 saturated carbocycles. The summed E-state index contributed by atoms with van der Waals surface area (Å²) in [5, 5.41) is 4.39. The van der Waals surface area contributed by atoms with Crippen LogP contribution in [0.2, 0.25) is 5.02 Å². The Morgan fingerprint density at radius 2 is 2.11 bits per heavy atom.